The van der Waals surface area contributed by atoms with Gasteiger partial charge in [-0.05, 0) is 40.8 Å². The van der Waals surface area contributed by atoms with Crippen LogP contribution in [0.1, 0.15) is 10.4 Å². The molecule has 0 unspecified atom stereocenters. The van der Waals surface area contributed by atoms with Crippen molar-refractivity contribution in [2.75, 3.05) is 21.3 Å². The molecule has 1 heterocycles. The van der Waals surface area contributed by atoms with Crippen LogP contribution in [0.25, 0.3) is 0 Å². The summed E-state index contributed by atoms with van der Waals surface area (Å²) >= 11 is 2.09. The van der Waals surface area contributed by atoms with Crippen molar-refractivity contribution in [2.45, 2.75) is 0 Å². The van der Waals surface area contributed by atoms with E-state index in [0.29, 0.717) is 0 Å². The van der Waals surface area contributed by atoms with Crippen molar-refractivity contribution in [3.63, 3.8) is 0 Å². The zero-order chi connectivity index (χ0) is 16.1. The van der Waals surface area contributed by atoms with Crippen molar-refractivity contribution >= 4 is 28.6 Å². The SMILES string of the molecule is COC(=O)c1cc(I)ccc1Oc1nc(OC)cc(OC)n1. The quantitative estimate of drug-likeness (QED) is 0.548. The summed E-state index contributed by atoms with van der Waals surface area (Å²) in [6.07, 6.45) is 0. The second-order valence-corrected chi connectivity index (χ2v) is 5.21. The Labute approximate surface area is 140 Å². The van der Waals surface area contributed by atoms with Gasteiger partial charge in [0.05, 0.1) is 27.4 Å². The van der Waals surface area contributed by atoms with Gasteiger partial charge >= 0.3 is 12.0 Å². The number of nitrogens with zero attached hydrogens (tertiary/aromatic N) is 2. The Hall–Kier alpha value is -2.10. The van der Waals surface area contributed by atoms with Crippen molar-refractivity contribution in [3.05, 3.63) is 33.4 Å². The minimum atomic E-state index is -0.511. The molecule has 0 N–H and O–H groups in total. The molecule has 0 saturated carbocycles. The molecule has 0 amide bonds. The van der Waals surface area contributed by atoms with E-state index in [1.54, 1.807) is 18.2 Å². The molecular weight excluding hydrogens is 403 g/mol. The van der Waals surface area contributed by atoms with Crippen molar-refractivity contribution < 1.29 is 23.7 Å². The molecule has 0 radical (unpaired) electrons. The van der Waals surface area contributed by atoms with Crippen molar-refractivity contribution in [1.29, 1.82) is 0 Å². The maximum absolute atomic E-state index is 11.8. The first-order valence-corrected chi connectivity index (χ1v) is 7.18. The Morgan fingerprint density at radius 1 is 1.05 bits per heavy atom. The number of hydrogen-bond donors (Lipinski definition) is 0. The molecule has 1 aromatic carbocycles. The van der Waals surface area contributed by atoms with Crippen LogP contribution in [0.5, 0.6) is 23.5 Å². The number of methoxy groups -OCH3 is 3. The minimum absolute atomic E-state index is 0.00237. The first-order valence-electron chi connectivity index (χ1n) is 6.10. The molecule has 116 valence electrons. The molecule has 22 heavy (non-hydrogen) atoms. The second kappa shape index (κ2) is 7.25. The van der Waals surface area contributed by atoms with E-state index >= 15 is 0 Å². The predicted octanol–water partition coefficient (Wildman–Crippen LogP) is 2.68. The van der Waals surface area contributed by atoms with Crippen LogP contribution in [0.15, 0.2) is 24.3 Å². The van der Waals surface area contributed by atoms with E-state index in [4.69, 9.17) is 18.9 Å². The van der Waals surface area contributed by atoms with Gasteiger partial charge in [0.15, 0.2) is 0 Å². The van der Waals surface area contributed by atoms with Crippen molar-refractivity contribution in [2.24, 2.45) is 0 Å². The Bertz CT molecular complexity index is 671. The second-order valence-electron chi connectivity index (χ2n) is 3.97. The summed E-state index contributed by atoms with van der Waals surface area (Å²) in [4.78, 5) is 19.9. The van der Waals surface area contributed by atoms with Crippen LogP contribution in [0.2, 0.25) is 0 Å². The van der Waals surface area contributed by atoms with Gasteiger partial charge in [-0.25, -0.2) is 4.79 Å². The molecule has 2 aromatic rings. The van der Waals surface area contributed by atoms with E-state index in [9.17, 15) is 4.79 Å². The van der Waals surface area contributed by atoms with Crippen LogP contribution in [0.3, 0.4) is 0 Å². The average Bonchev–Trinajstić information content (AvgIpc) is 2.55. The number of rotatable bonds is 5. The van der Waals surface area contributed by atoms with Gasteiger partial charge in [0, 0.05) is 3.57 Å². The highest BCUT2D eigenvalue weighted by Gasteiger charge is 2.16. The zero-order valence-electron chi connectivity index (χ0n) is 12.1. The number of hydrogen-bond acceptors (Lipinski definition) is 7. The van der Waals surface area contributed by atoms with Crippen LogP contribution in [-0.2, 0) is 4.74 Å². The summed E-state index contributed by atoms with van der Waals surface area (Å²) in [6.45, 7) is 0. The summed E-state index contributed by atoms with van der Waals surface area (Å²) < 4.78 is 21.3. The predicted molar refractivity (Wildman–Crippen MR) is 85.7 cm³/mol. The Morgan fingerprint density at radius 3 is 2.23 bits per heavy atom. The molecule has 1 aromatic heterocycles. The third kappa shape index (κ3) is 3.75. The van der Waals surface area contributed by atoms with Crippen LogP contribution < -0.4 is 14.2 Å². The monoisotopic (exact) mass is 416 g/mol. The van der Waals surface area contributed by atoms with Crippen molar-refractivity contribution in [3.8, 4) is 23.5 Å². The van der Waals surface area contributed by atoms with Gasteiger partial charge in [-0.15, -0.1) is 0 Å². The first-order chi connectivity index (χ1) is 10.6. The lowest BCUT2D eigenvalue weighted by molar-refractivity contribution is 0.0597. The van der Waals surface area contributed by atoms with Crippen LogP contribution >= 0.6 is 22.6 Å². The fourth-order valence-electron chi connectivity index (χ4n) is 1.60. The van der Waals surface area contributed by atoms with Gasteiger partial charge < -0.3 is 18.9 Å². The molecule has 0 aliphatic heterocycles. The fraction of sp³-hybridized carbons (Fsp3) is 0.214. The molecule has 0 aliphatic carbocycles. The van der Waals surface area contributed by atoms with Gasteiger partial charge in [0.2, 0.25) is 11.8 Å². The van der Waals surface area contributed by atoms with E-state index in [1.165, 1.54) is 27.4 Å². The summed E-state index contributed by atoms with van der Waals surface area (Å²) in [5, 5.41) is 0. The van der Waals surface area contributed by atoms with Crippen LogP contribution in [0.4, 0.5) is 0 Å². The topological polar surface area (TPSA) is 79.8 Å². The molecule has 0 saturated heterocycles. The van der Waals surface area contributed by atoms with Crippen LogP contribution in [-0.4, -0.2) is 37.3 Å². The number of carbonyl (C=O) groups excluding carboxylic acids is 1. The molecular formula is C14H13IN2O5. The number of carbonyl (C=O) groups is 1. The first kappa shape index (κ1) is 16.3. The molecule has 0 aliphatic rings. The summed E-state index contributed by atoms with van der Waals surface area (Å²) in [6, 6.07) is 6.60. The van der Waals surface area contributed by atoms with Gasteiger partial charge in [0.1, 0.15) is 11.3 Å². The van der Waals surface area contributed by atoms with E-state index in [2.05, 4.69) is 32.6 Å². The Kier molecular flexibility index (Phi) is 5.36. The molecule has 7 nitrogen and oxygen atoms in total. The summed E-state index contributed by atoms with van der Waals surface area (Å²) in [5.74, 6) is 0.338. The molecule has 0 fully saturated rings. The number of aromatic nitrogens is 2. The standard InChI is InChI=1S/C14H13IN2O5/c1-19-11-7-12(20-2)17-14(16-11)22-10-5-4-8(15)6-9(10)13(18)21-3/h4-7H,1-3H3. The zero-order valence-corrected chi connectivity index (χ0v) is 14.3. The summed E-state index contributed by atoms with van der Waals surface area (Å²) in [5.41, 5.74) is 0.278. The molecule has 8 heteroatoms. The lowest BCUT2D eigenvalue weighted by Crippen LogP contribution is -2.05. The van der Waals surface area contributed by atoms with Crippen LogP contribution in [0, 0.1) is 3.57 Å². The molecule has 0 spiro atoms. The number of ether oxygens (including phenoxy) is 4. The Morgan fingerprint density at radius 2 is 1.68 bits per heavy atom. The maximum atomic E-state index is 11.8. The lowest BCUT2D eigenvalue weighted by Gasteiger charge is -2.10. The van der Waals surface area contributed by atoms with E-state index in [-0.39, 0.29) is 29.1 Å². The number of benzene rings is 1. The smallest absolute Gasteiger partial charge is 0.341 e. The van der Waals surface area contributed by atoms with Gasteiger partial charge in [-0.1, -0.05) is 0 Å². The van der Waals surface area contributed by atoms with E-state index in [1.807, 2.05) is 0 Å². The number of halogens is 1. The number of esters is 1. The third-order valence-corrected chi connectivity index (χ3v) is 3.30. The largest absolute Gasteiger partial charge is 0.481 e. The van der Waals surface area contributed by atoms with Gasteiger partial charge in [-0.3, -0.25) is 0 Å². The fourth-order valence-corrected chi connectivity index (χ4v) is 2.09. The highest BCUT2D eigenvalue weighted by molar-refractivity contribution is 14.1. The highest BCUT2D eigenvalue weighted by Crippen LogP contribution is 2.28. The van der Waals surface area contributed by atoms with Crippen molar-refractivity contribution in [1.82, 2.24) is 9.97 Å². The summed E-state index contributed by atoms with van der Waals surface area (Å²) in [7, 11) is 4.24. The highest BCUT2D eigenvalue weighted by atomic mass is 127. The molecule has 0 atom stereocenters. The lowest BCUT2D eigenvalue weighted by atomic mass is 10.2. The molecule has 2 rings (SSSR count). The third-order valence-electron chi connectivity index (χ3n) is 2.63. The van der Waals surface area contributed by atoms with Gasteiger partial charge in [0.25, 0.3) is 0 Å². The minimum Gasteiger partial charge on any atom is -0.481 e. The molecule has 0 bridgehead atoms. The van der Waals surface area contributed by atoms with E-state index in [0.717, 1.165) is 3.57 Å². The Balaban J connectivity index is 2.40. The normalized spacial score (nSPS) is 10.0. The maximum Gasteiger partial charge on any atom is 0.341 e. The van der Waals surface area contributed by atoms with Gasteiger partial charge in [-0.2, -0.15) is 9.97 Å². The van der Waals surface area contributed by atoms with E-state index < -0.39 is 5.97 Å². The average molecular weight is 416 g/mol.